The quantitative estimate of drug-likeness (QED) is 0.860. The molecule has 3 nitrogen and oxygen atoms in total. The van der Waals surface area contributed by atoms with Gasteiger partial charge < -0.3 is 5.32 Å². The van der Waals surface area contributed by atoms with Crippen molar-refractivity contribution in [1.29, 1.82) is 0 Å². The summed E-state index contributed by atoms with van der Waals surface area (Å²) < 4.78 is 48.7. The summed E-state index contributed by atoms with van der Waals surface area (Å²) in [6.07, 6.45) is -3.76. The maximum Gasteiger partial charge on any atom is 0.324 e. The second-order valence-electron chi connectivity index (χ2n) is 2.79. The third-order valence-electron chi connectivity index (χ3n) is 1.55. The van der Waals surface area contributed by atoms with E-state index in [0.29, 0.717) is 0 Å². The second-order valence-corrected chi connectivity index (χ2v) is 3.53. The van der Waals surface area contributed by atoms with Crippen molar-refractivity contribution >= 4 is 28.9 Å². The summed E-state index contributed by atoms with van der Waals surface area (Å²) in [7, 11) is 0. The van der Waals surface area contributed by atoms with Crippen molar-refractivity contribution in [3.63, 3.8) is 0 Å². The Bertz CT molecular complexity index is 375. The molecule has 0 bridgehead atoms. The molecule has 1 N–H and O–H groups in total. The van der Waals surface area contributed by atoms with Crippen LogP contribution in [0.4, 0.5) is 23.2 Å². The van der Waals surface area contributed by atoms with Gasteiger partial charge in [-0.3, -0.25) is 0 Å². The van der Waals surface area contributed by atoms with Gasteiger partial charge in [0.25, 0.3) is 0 Å². The predicted molar refractivity (Wildman–Crippen MR) is 51.5 cm³/mol. The molecule has 0 saturated carbocycles. The predicted octanol–water partition coefficient (Wildman–Crippen LogP) is 3.10. The largest absolute Gasteiger partial charge is 0.376 e. The van der Waals surface area contributed by atoms with Gasteiger partial charge in [-0.15, -0.1) is 10.2 Å². The summed E-state index contributed by atoms with van der Waals surface area (Å²) in [4.78, 5) is 0. The first-order chi connectivity index (χ1) is 7.33. The number of nitrogens with one attached hydrogen (secondary N) is 1. The molecule has 1 heterocycles. The van der Waals surface area contributed by atoms with Gasteiger partial charge in [-0.2, -0.15) is 8.78 Å². The zero-order valence-electron chi connectivity index (χ0n) is 7.52. The van der Waals surface area contributed by atoms with Crippen molar-refractivity contribution in [3.05, 3.63) is 16.4 Å². The Hall–Kier alpha value is -0.820. The molecule has 0 aliphatic carbocycles. The van der Waals surface area contributed by atoms with Crippen molar-refractivity contribution in [2.75, 3.05) is 11.9 Å². The lowest BCUT2D eigenvalue weighted by atomic mass is 10.3. The first-order valence-corrected chi connectivity index (χ1v) is 4.67. The van der Waals surface area contributed by atoms with Crippen molar-refractivity contribution in [3.8, 4) is 0 Å². The average molecular weight is 278 g/mol. The van der Waals surface area contributed by atoms with Crippen LogP contribution < -0.4 is 5.32 Å². The lowest BCUT2D eigenvalue weighted by molar-refractivity contribution is -0.117. The smallest absolute Gasteiger partial charge is 0.324 e. The number of aromatic nitrogens is 2. The monoisotopic (exact) mass is 277 g/mol. The van der Waals surface area contributed by atoms with E-state index in [4.69, 9.17) is 23.2 Å². The lowest BCUT2D eigenvalue weighted by Gasteiger charge is -2.16. The Morgan fingerprint density at radius 1 is 1.31 bits per heavy atom. The molecule has 0 saturated heterocycles. The lowest BCUT2D eigenvalue weighted by Crippen LogP contribution is -2.34. The summed E-state index contributed by atoms with van der Waals surface area (Å²) in [5.74, 6) is -4.15. The standard InChI is InChI=1S/C7H5Cl2F4N3/c8-4-1-3(5(9)16-15-4)14-2-7(12,13)6(10)11/h1,6H,2H2,(H,14,15). The fourth-order valence-electron chi connectivity index (χ4n) is 0.767. The molecular formula is C7H5Cl2F4N3. The molecule has 0 aliphatic heterocycles. The van der Waals surface area contributed by atoms with Crippen LogP contribution in [-0.4, -0.2) is 29.1 Å². The van der Waals surface area contributed by atoms with E-state index in [9.17, 15) is 17.6 Å². The van der Waals surface area contributed by atoms with Crippen LogP contribution in [-0.2, 0) is 0 Å². The van der Waals surface area contributed by atoms with E-state index in [0.717, 1.165) is 6.07 Å². The number of rotatable bonds is 4. The van der Waals surface area contributed by atoms with Crippen molar-refractivity contribution < 1.29 is 17.6 Å². The highest BCUT2D eigenvalue weighted by atomic mass is 35.5. The van der Waals surface area contributed by atoms with E-state index in [-0.39, 0.29) is 16.0 Å². The molecule has 90 valence electrons. The summed E-state index contributed by atoms with van der Waals surface area (Å²) in [6, 6.07) is 1.11. The highest BCUT2D eigenvalue weighted by molar-refractivity contribution is 6.33. The van der Waals surface area contributed by atoms with Crippen LogP contribution in [0.3, 0.4) is 0 Å². The molecule has 0 fully saturated rings. The maximum absolute atomic E-state index is 12.5. The van der Waals surface area contributed by atoms with E-state index >= 15 is 0 Å². The van der Waals surface area contributed by atoms with Crippen molar-refractivity contribution in [2.45, 2.75) is 12.3 Å². The highest BCUT2D eigenvalue weighted by Crippen LogP contribution is 2.26. The number of alkyl halides is 4. The first kappa shape index (κ1) is 13.2. The molecule has 1 rings (SSSR count). The second kappa shape index (κ2) is 5.01. The minimum Gasteiger partial charge on any atom is -0.376 e. The van der Waals surface area contributed by atoms with E-state index in [1.165, 1.54) is 0 Å². The number of halogens is 6. The first-order valence-electron chi connectivity index (χ1n) is 3.91. The van der Waals surface area contributed by atoms with Crippen LogP contribution in [0.1, 0.15) is 0 Å². The molecule has 0 atom stereocenters. The van der Waals surface area contributed by atoms with Crippen LogP contribution >= 0.6 is 23.2 Å². The number of hydrogen-bond donors (Lipinski definition) is 1. The highest BCUT2D eigenvalue weighted by Gasteiger charge is 2.40. The Morgan fingerprint density at radius 3 is 2.50 bits per heavy atom. The van der Waals surface area contributed by atoms with Crippen LogP contribution in [0.2, 0.25) is 10.3 Å². The van der Waals surface area contributed by atoms with Gasteiger partial charge in [0.1, 0.15) is 0 Å². The third-order valence-corrected chi connectivity index (χ3v) is 2.02. The van der Waals surface area contributed by atoms with E-state index in [1.54, 1.807) is 0 Å². The SMILES string of the molecule is FC(F)C(F)(F)CNc1cc(Cl)nnc1Cl. The van der Waals surface area contributed by atoms with Gasteiger partial charge in [-0.05, 0) is 0 Å². The van der Waals surface area contributed by atoms with Crippen LogP contribution in [0.5, 0.6) is 0 Å². The maximum atomic E-state index is 12.5. The molecule has 1 aromatic heterocycles. The molecule has 0 aliphatic rings. The van der Waals surface area contributed by atoms with Gasteiger partial charge in [-0.1, -0.05) is 23.2 Å². The summed E-state index contributed by atoms with van der Waals surface area (Å²) in [5.41, 5.74) is -0.0815. The van der Waals surface area contributed by atoms with E-state index in [1.807, 2.05) is 5.32 Å². The van der Waals surface area contributed by atoms with Crippen LogP contribution in [0.15, 0.2) is 6.07 Å². The molecule has 0 unspecified atom stereocenters. The molecule has 0 aromatic carbocycles. The molecule has 1 aromatic rings. The summed E-state index contributed by atoms with van der Waals surface area (Å²) in [6.45, 7) is -1.27. The van der Waals surface area contributed by atoms with Gasteiger partial charge in [0.05, 0.1) is 12.2 Å². The Labute approximate surface area is 97.8 Å². The number of hydrogen-bond acceptors (Lipinski definition) is 3. The minimum absolute atomic E-state index is 0.0815. The number of nitrogens with zero attached hydrogens (tertiary/aromatic N) is 2. The Kier molecular flexibility index (Phi) is 4.15. The zero-order chi connectivity index (χ0) is 12.3. The molecule has 0 spiro atoms. The molecule has 0 radical (unpaired) electrons. The van der Waals surface area contributed by atoms with Crippen molar-refractivity contribution in [1.82, 2.24) is 10.2 Å². The summed E-state index contributed by atoms with van der Waals surface area (Å²) >= 11 is 10.9. The van der Waals surface area contributed by atoms with E-state index < -0.39 is 18.9 Å². The van der Waals surface area contributed by atoms with Gasteiger partial charge in [0, 0.05) is 6.07 Å². The molecule has 16 heavy (non-hydrogen) atoms. The van der Waals surface area contributed by atoms with Crippen LogP contribution in [0, 0.1) is 0 Å². The van der Waals surface area contributed by atoms with Gasteiger partial charge in [0.2, 0.25) is 0 Å². The van der Waals surface area contributed by atoms with Gasteiger partial charge in [0.15, 0.2) is 10.3 Å². The Balaban J connectivity index is 2.71. The fourth-order valence-corrected chi connectivity index (χ4v) is 1.07. The molecule has 0 amide bonds. The van der Waals surface area contributed by atoms with Gasteiger partial charge >= 0.3 is 12.3 Å². The topological polar surface area (TPSA) is 37.8 Å². The number of anilines is 1. The average Bonchev–Trinajstić information content (AvgIpc) is 2.19. The normalized spacial score (nSPS) is 11.9. The van der Waals surface area contributed by atoms with E-state index in [2.05, 4.69) is 10.2 Å². The minimum atomic E-state index is -4.15. The molecule has 9 heteroatoms. The molecular weight excluding hydrogens is 273 g/mol. The third kappa shape index (κ3) is 3.34. The van der Waals surface area contributed by atoms with Gasteiger partial charge in [-0.25, -0.2) is 8.78 Å². The zero-order valence-corrected chi connectivity index (χ0v) is 9.04. The fraction of sp³-hybridized carbons (Fsp3) is 0.429. The van der Waals surface area contributed by atoms with Crippen LogP contribution in [0.25, 0.3) is 0 Å². The van der Waals surface area contributed by atoms with Crippen molar-refractivity contribution in [2.24, 2.45) is 0 Å². The Morgan fingerprint density at radius 2 is 1.94 bits per heavy atom. The summed E-state index contributed by atoms with van der Waals surface area (Å²) in [5, 5.41) is 8.35.